The van der Waals surface area contributed by atoms with Crippen LogP contribution >= 0.6 is 0 Å². The Morgan fingerprint density at radius 2 is 0.840 bits per heavy atom. The lowest BCUT2D eigenvalue weighted by molar-refractivity contribution is 1.16. The topological polar surface area (TPSA) is 61.4 Å². The van der Waals surface area contributed by atoms with E-state index in [9.17, 15) is 0 Å². The normalized spacial score (nSPS) is 11.6. The van der Waals surface area contributed by atoms with Crippen LogP contribution in [0.1, 0.15) is 0 Å². The molecule has 0 radical (unpaired) electrons. The zero-order valence-electron chi connectivity index (χ0n) is 26.8. The minimum absolute atomic E-state index is 0.824. The van der Waals surface area contributed by atoms with Crippen LogP contribution in [0, 0.1) is 0 Å². The minimum atomic E-state index is 0.824. The number of pyridine rings is 4. The number of para-hydroxylation sites is 2. The Balaban J connectivity index is 0.993. The smallest absolute Gasteiger partial charge is 0.0893 e. The third kappa shape index (κ3) is 4.50. The van der Waals surface area contributed by atoms with Gasteiger partial charge in [0.05, 0.1) is 57.2 Å². The van der Waals surface area contributed by atoms with Crippen molar-refractivity contribution in [3.8, 4) is 45.3 Å². The molecular formula is C44H28N6. The van der Waals surface area contributed by atoms with Crippen LogP contribution in [0.3, 0.4) is 0 Å². The molecule has 0 N–H and O–H groups in total. The largest absolute Gasteiger partial charge is 0.308 e. The second kappa shape index (κ2) is 11.4. The monoisotopic (exact) mass is 640 g/mol. The summed E-state index contributed by atoms with van der Waals surface area (Å²) in [6, 6.07) is 50.5. The molecule has 0 spiro atoms. The predicted molar refractivity (Wildman–Crippen MR) is 203 cm³/mol. The maximum atomic E-state index is 5.11. The van der Waals surface area contributed by atoms with Crippen molar-refractivity contribution in [3.05, 3.63) is 170 Å². The summed E-state index contributed by atoms with van der Waals surface area (Å²) in [7, 11) is 0. The predicted octanol–water partition coefficient (Wildman–Crippen LogP) is 10.5. The molecule has 0 saturated carbocycles. The summed E-state index contributed by atoms with van der Waals surface area (Å²) < 4.78 is 4.55. The summed E-state index contributed by atoms with van der Waals surface area (Å²) in [5, 5.41) is 4.80. The van der Waals surface area contributed by atoms with E-state index in [0.29, 0.717) is 0 Å². The number of hydrogen-bond donors (Lipinski definition) is 0. The maximum Gasteiger partial charge on any atom is 0.0893 e. The van der Waals surface area contributed by atoms with E-state index in [-0.39, 0.29) is 0 Å². The molecule has 10 rings (SSSR count). The van der Waals surface area contributed by atoms with Gasteiger partial charge in [0.1, 0.15) is 0 Å². The van der Waals surface area contributed by atoms with Gasteiger partial charge in [0.2, 0.25) is 0 Å². The van der Waals surface area contributed by atoms with Crippen LogP contribution in [-0.2, 0) is 0 Å². The standard InChI is InChI=1S/C44H28N6/c1-3-16-41-33(10-1)35-22-24-45-27-43(35)49(41)31-20-18-29(19-21-31)37-12-6-14-39(47-37)40-15-7-13-38(48-40)30-8-5-9-32(26-30)50-42-17-4-2-11-34(42)36-23-25-46-28-44(36)50/h1-28H. The molecule has 234 valence electrons. The fourth-order valence-corrected chi connectivity index (χ4v) is 7.25. The van der Waals surface area contributed by atoms with Gasteiger partial charge >= 0.3 is 0 Å². The molecule has 10 aromatic rings. The van der Waals surface area contributed by atoms with Crippen molar-refractivity contribution in [2.24, 2.45) is 0 Å². The van der Waals surface area contributed by atoms with Gasteiger partial charge in [-0.1, -0.05) is 72.8 Å². The molecule has 0 saturated heterocycles. The van der Waals surface area contributed by atoms with Crippen LogP contribution in [0.2, 0.25) is 0 Å². The SMILES string of the molecule is c1cc(-c2cccc(-c3cccc(-c4ccc(-n5c6ccccc6c6ccncc65)cc4)n3)n2)cc(-n2c3ccccc3c3ccncc32)c1. The Labute approximate surface area is 287 Å². The number of fused-ring (bicyclic) bond motifs is 6. The van der Waals surface area contributed by atoms with Crippen LogP contribution < -0.4 is 0 Å². The molecule has 6 heterocycles. The summed E-state index contributed by atoms with van der Waals surface area (Å²) in [4.78, 5) is 19.0. The van der Waals surface area contributed by atoms with E-state index >= 15 is 0 Å². The summed E-state index contributed by atoms with van der Waals surface area (Å²) in [5.41, 5.74) is 12.1. The first-order valence-electron chi connectivity index (χ1n) is 16.6. The second-order valence-electron chi connectivity index (χ2n) is 12.4. The number of rotatable bonds is 5. The van der Waals surface area contributed by atoms with Crippen molar-refractivity contribution in [1.82, 2.24) is 29.1 Å². The van der Waals surface area contributed by atoms with Crippen molar-refractivity contribution >= 4 is 43.6 Å². The van der Waals surface area contributed by atoms with E-state index in [0.717, 1.165) is 67.3 Å². The average Bonchev–Trinajstić information content (AvgIpc) is 3.71. The van der Waals surface area contributed by atoms with Crippen LogP contribution in [0.5, 0.6) is 0 Å². The summed E-state index contributed by atoms with van der Waals surface area (Å²) in [6.07, 6.45) is 7.59. The van der Waals surface area contributed by atoms with Crippen molar-refractivity contribution in [1.29, 1.82) is 0 Å². The van der Waals surface area contributed by atoms with Crippen LogP contribution in [0.15, 0.2) is 170 Å². The van der Waals surface area contributed by atoms with Gasteiger partial charge < -0.3 is 9.13 Å². The Kier molecular flexibility index (Phi) is 6.39. The van der Waals surface area contributed by atoms with E-state index < -0.39 is 0 Å². The minimum Gasteiger partial charge on any atom is -0.308 e. The lowest BCUT2D eigenvalue weighted by Gasteiger charge is -2.11. The highest BCUT2D eigenvalue weighted by atomic mass is 15.0. The van der Waals surface area contributed by atoms with Gasteiger partial charge in [0, 0.05) is 56.4 Å². The lowest BCUT2D eigenvalue weighted by atomic mass is 10.1. The first-order valence-corrected chi connectivity index (χ1v) is 16.6. The second-order valence-corrected chi connectivity index (χ2v) is 12.4. The number of nitrogens with zero attached hydrogens (tertiary/aromatic N) is 6. The van der Waals surface area contributed by atoms with Gasteiger partial charge in [-0.25, -0.2) is 9.97 Å². The number of aromatic nitrogens is 6. The van der Waals surface area contributed by atoms with Crippen LogP contribution in [-0.4, -0.2) is 29.1 Å². The molecule has 0 aliphatic heterocycles. The lowest BCUT2D eigenvalue weighted by Crippen LogP contribution is -1.96. The first kappa shape index (κ1) is 28.1. The molecule has 0 unspecified atom stereocenters. The highest BCUT2D eigenvalue weighted by Crippen LogP contribution is 2.34. The highest BCUT2D eigenvalue weighted by molar-refractivity contribution is 6.09. The Hall–Kier alpha value is -6.92. The van der Waals surface area contributed by atoms with E-state index in [1.54, 1.807) is 0 Å². The van der Waals surface area contributed by atoms with Gasteiger partial charge in [-0.05, 0) is 72.8 Å². The Bertz CT molecular complexity index is 2770. The molecule has 6 heteroatoms. The van der Waals surface area contributed by atoms with Crippen LogP contribution in [0.4, 0.5) is 0 Å². The van der Waals surface area contributed by atoms with Crippen LogP contribution in [0.25, 0.3) is 88.9 Å². The molecule has 0 bridgehead atoms. The molecule has 50 heavy (non-hydrogen) atoms. The zero-order valence-corrected chi connectivity index (χ0v) is 26.8. The molecular weight excluding hydrogens is 613 g/mol. The van der Waals surface area contributed by atoms with E-state index in [2.05, 4.69) is 153 Å². The van der Waals surface area contributed by atoms with E-state index in [4.69, 9.17) is 9.97 Å². The Morgan fingerprint density at radius 3 is 1.46 bits per heavy atom. The van der Waals surface area contributed by atoms with E-state index in [1.165, 1.54) is 21.5 Å². The summed E-state index contributed by atoms with van der Waals surface area (Å²) in [6.45, 7) is 0. The van der Waals surface area contributed by atoms with Crippen molar-refractivity contribution in [2.45, 2.75) is 0 Å². The van der Waals surface area contributed by atoms with Gasteiger partial charge in [-0.15, -0.1) is 0 Å². The molecule has 0 amide bonds. The molecule has 6 nitrogen and oxygen atoms in total. The van der Waals surface area contributed by atoms with Gasteiger partial charge in [-0.3, -0.25) is 9.97 Å². The molecule has 0 atom stereocenters. The fraction of sp³-hybridized carbons (Fsp3) is 0. The zero-order chi connectivity index (χ0) is 33.0. The van der Waals surface area contributed by atoms with Crippen molar-refractivity contribution < 1.29 is 0 Å². The van der Waals surface area contributed by atoms with Gasteiger partial charge in [0.25, 0.3) is 0 Å². The Morgan fingerprint density at radius 1 is 0.340 bits per heavy atom. The summed E-state index contributed by atoms with van der Waals surface area (Å²) in [5.74, 6) is 0. The maximum absolute atomic E-state index is 5.11. The summed E-state index contributed by atoms with van der Waals surface area (Å²) >= 11 is 0. The highest BCUT2D eigenvalue weighted by Gasteiger charge is 2.15. The fourth-order valence-electron chi connectivity index (χ4n) is 7.25. The third-order valence-corrected chi connectivity index (χ3v) is 9.53. The third-order valence-electron chi connectivity index (χ3n) is 9.53. The molecule has 0 fully saturated rings. The quantitative estimate of drug-likeness (QED) is 0.188. The average molecular weight is 641 g/mol. The molecule has 0 aliphatic carbocycles. The number of hydrogen-bond acceptors (Lipinski definition) is 4. The molecule has 6 aromatic heterocycles. The first-order chi connectivity index (χ1) is 24.8. The van der Waals surface area contributed by atoms with Crippen molar-refractivity contribution in [2.75, 3.05) is 0 Å². The molecule has 4 aromatic carbocycles. The van der Waals surface area contributed by atoms with E-state index in [1.807, 2.05) is 36.9 Å². The van der Waals surface area contributed by atoms with Gasteiger partial charge in [0.15, 0.2) is 0 Å². The van der Waals surface area contributed by atoms with Crippen molar-refractivity contribution in [3.63, 3.8) is 0 Å². The number of benzene rings is 4. The molecule has 0 aliphatic rings. The van der Waals surface area contributed by atoms with Gasteiger partial charge in [-0.2, -0.15) is 0 Å².